The summed E-state index contributed by atoms with van der Waals surface area (Å²) in [4.78, 5) is 13.1. The highest BCUT2D eigenvalue weighted by atomic mass is 31.2. The van der Waals surface area contributed by atoms with Crippen LogP contribution in [0.2, 0.25) is 0 Å². The van der Waals surface area contributed by atoms with Crippen LogP contribution in [0.15, 0.2) is 146 Å². The number of benzene rings is 5. The molecule has 0 saturated carbocycles. The minimum Gasteiger partial charge on any atom is -0.463 e. The zero-order valence-electron chi connectivity index (χ0n) is 37.7. The fourth-order valence-electron chi connectivity index (χ4n) is 7.19. The van der Waals surface area contributed by atoms with Gasteiger partial charge in [-0.25, -0.2) is 14.1 Å². The van der Waals surface area contributed by atoms with E-state index >= 15 is 0 Å². The molecule has 63 heavy (non-hydrogen) atoms. The Morgan fingerprint density at radius 1 is 0.651 bits per heavy atom. The largest absolute Gasteiger partial charge is 0.463 e. The van der Waals surface area contributed by atoms with Gasteiger partial charge in [0, 0.05) is 30.7 Å². The second-order valence-corrected chi connectivity index (χ2v) is 20.1. The lowest BCUT2D eigenvalue weighted by molar-refractivity contribution is -0.153. The molecule has 3 heterocycles. The van der Waals surface area contributed by atoms with Crippen LogP contribution in [-0.2, 0) is 32.2 Å². The lowest BCUT2D eigenvalue weighted by Gasteiger charge is -2.41. The van der Waals surface area contributed by atoms with E-state index in [1.165, 1.54) is 11.1 Å². The SMILES string of the molecule is CCCCOC(=O)[C@H]1OP(N([C@@H](C)c2ccccc2)[C@@H](C)c2ccccc2)Oc2ccccc21.CN(C)P1O[C@@H](c2ccccc2)C[C@H](c2ccccc2)O1.C[C@@H]1OP(C)O[C@H]1C. The normalized spacial score (nSPS) is 24.1. The van der Waals surface area contributed by atoms with Crippen molar-refractivity contribution in [1.29, 1.82) is 0 Å². The highest BCUT2D eigenvalue weighted by molar-refractivity contribution is 7.46. The number of hydrogen-bond donors (Lipinski definition) is 0. The van der Waals surface area contributed by atoms with Crippen molar-refractivity contribution in [2.24, 2.45) is 0 Å². The minimum absolute atomic E-state index is 0.00968. The maximum absolute atomic E-state index is 13.1. The molecule has 2 fully saturated rings. The molecule has 5 aromatic rings. The summed E-state index contributed by atoms with van der Waals surface area (Å²) >= 11 is 0. The first kappa shape index (κ1) is 48.8. The van der Waals surface area contributed by atoms with Gasteiger partial charge in [0.2, 0.25) is 0 Å². The monoisotopic (exact) mass is 912 g/mol. The molecule has 2 saturated heterocycles. The van der Waals surface area contributed by atoms with E-state index in [4.69, 9.17) is 31.9 Å². The Kier molecular flexibility index (Phi) is 19.1. The molecule has 0 spiro atoms. The molecule has 0 radical (unpaired) electrons. The molecule has 0 N–H and O–H groups in total. The number of carbonyl (C=O) groups is 1. The standard InChI is InChI=1S/C28H32NO4P.C17H20NO2P.C5H11O2P/c1-4-5-20-31-28(30)27-25-18-12-13-19-26(25)32-34(33-27)29(21(2)23-14-8-6-9-15-23)22(3)24-16-10-7-11-17-24;1-18(2)21-19-16(14-9-5-3-6-10-14)13-17(20-21)15-11-7-4-8-12-15;1-4-5(2)7-8(3)6-4/h6-19,21-22,27H,4-5,20H2,1-3H3;3-12,16-17H,13H2,1-2H3;4-5H,1-3H3/t21-,22-,27-,34?;16-,17-;4-,5-/m010/s1. The van der Waals surface area contributed by atoms with Gasteiger partial charge in [-0.3, -0.25) is 4.52 Å². The molecule has 0 bridgehead atoms. The zero-order chi connectivity index (χ0) is 44.7. The van der Waals surface area contributed by atoms with Gasteiger partial charge in [-0.1, -0.05) is 153 Å². The Hall–Kier alpha value is -3.62. The molecule has 13 heteroatoms. The number of para-hydroxylation sites is 1. The number of unbranched alkanes of at least 4 members (excludes halogenated alkanes) is 1. The number of ether oxygens (including phenoxy) is 1. The van der Waals surface area contributed by atoms with Crippen molar-refractivity contribution in [3.8, 4) is 5.75 Å². The van der Waals surface area contributed by atoms with E-state index in [0.717, 1.165) is 30.4 Å². The van der Waals surface area contributed by atoms with Crippen LogP contribution in [0.5, 0.6) is 5.75 Å². The third-order valence-electron chi connectivity index (χ3n) is 10.9. The zero-order valence-corrected chi connectivity index (χ0v) is 40.4. The van der Waals surface area contributed by atoms with Gasteiger partial charge in [-0.2, -0.15) is 0 Å². The van der Waals surface area contributed by atoms with Crippen LogP contribution in [0.1, 0.15) is 112 Å². The second kappa shape index (κ2) is 24.6. The van der Waals surface area contributed by atoms with Gasteiger partial charge in [0.1, 0.15) is 5.75 Å². The lowest BCUT2D eigenvalue weighted by Crippen LogP contribution is -2.32. The van der Waals surface area contributed by atoms with Crippen LogP contribution in [-0.4, -0.2) is 54.9 Å². The van der Waals surface area contributed by atoms with E-state index in [0.29, 0.717) is 30.1 Å². The summed E-state index contributed by atoms with van der Waals surface area (Å²) in [6.45, 7) is 12.8. The fraction of sp³-hybridized carbons (Fsp3) is 0.380. The van der Waals surface area contributed by atoms with Gasteiger partial charge >= 0.3 is 14.5 Å². The summed E-state index contributed by atoms with van der Waals surface area (Å²) in [6.07, 6.45) is 2.58. The summed E-state index contributed by atoms with van der Waals surface area (Å²) in [7, 11) is 0.830. The molecule has 10 nitrogen and oxygen atoms in total. The predicted molar refractivity (Wildman–Crippen MR) is 255 cm³/mol. The molecule has 5 aromatic carbocycles. The summed E-state index contributed by atoms with van der Waals surface area (Å²) in [6, 6.07) is 49.0. The van der Waals surface area contributed by atoms with Crippen LogP contribution >= 0.6 is 25.4 Å². The maximum Gasteiger partial charge on any atom is 0.340 e. The van der Waals surface area contributed by atoms with E-state index in [1.54, 1.807) is 0 Å². The van der Waals surface area contributed by atoms with E-state index in [1.807, 2.05) is 112 Å². The van der Waals surface area contributed by atoms with Crippen LogP contribution in [0, 0.1) is 0 Å². The first-order valence-electron chi connectivity index (χ1n) is 21.8. The molecule has 0 amide bonds. The van der Waals surface area contributed by atoms with Crippen molar-refractivity contribution >= 4 is 31.4 Å². The van der Waals surface area contributed by atoms with Crippen molar-refractivity contribution in [3.05, 3.63) is 173 Å². The van der Waals surface area contributed by atoms with Crippen LogP contribution in [0.3, 0.4) is 0 Å². The number of fused-ring (bicyclic) bond motifs is 1. The molecule has 336 valence electrons. The number of hydrogen-bond acceptors (Lipinski definition) is 10. The van der Waals surface area contributed by atoms with Crippen LogP contribution in [0.4, 0.5) is 0 Å². The third kappa shape index (κ3) is 13.7. The van der Waals surface area contributed by atoms with E-state index in [-0.39, 0.29) is 30.3 Å². The van der Waals surface area contributed by atoms with E-state index in [2.05, 4.69) is 98.2 Å². The molecule has 0 aliphatic carbocycles. The van der Waals surface area contributed by atoms with Gasteiger partial charge in [0.15, 0.2) is 14.5 Å². The predicted octanol–water partition coefficient (Wildman–Crippen LogP) is 14.0. The average Bonchev–Trinajstić information content (AvgIpc) is 3.63. The highest BCUT2D eigenvalue weighted by Crippen LogP contribution is 2.60. The van der Waals surface area contributed by atoms with E-state index in [9.17, 15) is 4.79 Å². The van der Waals surface area contributed by atoms with Gasteiger partial charge in [-0.15, -0.1) is 0 Å². The Morgan fingerprint density at radius 2 is 1.11 bits per heavy atom. The average molecular weight is 913 g/mol. The highest BCUT2D eigenvalue weighted by Gasteiger charge is 2.43. The molecular weight excluding hydrogens is 849 g/mol. The molecule has 0 aromatic heterocycles. The van der Waals surface area contributed by atoms with Crippen LogP contribution < -0.4 is 4.52 Å². The first-order valence-corrected chi connectivity index (χ1v) is 25.7. The second-order valence-electron chi connectivity index (χ2n) is 15.8. The quantitative estimate of drug-likeness (QED) is 0.0685. The Morgan fingerprint density at radius 3 is 1.56 bits per heavy atom. The number of carbonyl (C=O) groups excluding carboxylic acids is 1. The van der Waals surface area contributed by atoms with Gasteiger partial charge in [0.05, 0.1) is 31.0 Å². The summed E-state index contributed by atoms with van der Waals surface area (Å²) in [5.41, 5.74) is 5.46. The molecule has 1 unspecified atom stereocenters. The van der Waals surface area contributed by atoms with Gasteiger partial charge in [-0.05, 0) is 76.5 Å². The molecule has 3 aliphatic heterocycles. The van der Waals surface area contributed by atoms with Crippen molar-refractivity contribution < 1.29 is 36.7 Å². The number of nitrogens with zero attached hydrogens (tertiary/aromatic N) is 2. The van der Waals surface area contributed by atoms with Gasteiger partial charge < -0.3 is 27.4 Å². The summed E-state index contributed by atoms with van der Waals surface area (Å²) in [5.74, 6) is 0.305. The van der Waals surface area contributed by atoms with Gasteiger partial charge in [0.25, 0.3) is 8.53 Å². The molecular formula is C50H63N2O8P3. The summed E-state index contributed by atoms with van der Waals surface area (Å²) < 4.78 is 45.7. The number of esters is 1. The van der Waals surface area contributed by atoms with Crippen LogP contribution in [0.25, 0.3) is 0 Å². The Balaban J connectivity index is 0.000000191. The topological polar surface area (TPSA) is 88.2 Å². The summed E-state index contributed by atoms with van der Waals surface area (Å²) in [5, 5.41) is 0. The fourth-order valence-corrected chi connectivity index (χ4v) is 11.6. The third-order valence-corrected chi connectivity index (χ3v) is 15.5. The lowest BCUT2D eigenvalue weighted by atomic mass is 9.99. The molecule has 8 atom stereocenters. The van der Waals surface area contributed by atoms with Crippen molar-refractivity contribution in [2.45, 2.75) is 96.5 Å². The van der Waals surface area contributed by atoms with E-state index < -0.39 is 31.5 Å². The first-order chi connectivity index (χ1) is 30.5. The van der Waals surface area contributed by atoms with Crippen molar-refractivity contribution in [1.82, 2.24) is 9.34 Å². The maximum atomic E-state index is 13.1. The molecule has 8 rings (SSSR count). The van der Waals surface area contributed by atoms with Crippen molar-refractivity contribution in [2.75, 3.05) is 27.4 Å². The Labute approximate surface area is 379 Å². The smallest absolute Gasteiger partial charge is 0.340 e. The Bertz CT molecular complexity index is 1990. The molecule has 3 aliphatic rings. The minimum atomic E-state index is -1.61. The van der Waals surface area contributed by atoms with Crippen molar-refractivity contribution in [3.63, 3.8) is 0 Å². The number of rotatable bonds is 12.